The normalized spacial score (nSPS) is 26.9. The van der Waals surface area contributed by atoms with Gasteiger partial charge in [-0.3, -0.25) is 9.69 Å². The Hall–Kier alpha value is -0.680. The van der Waals surface area contributed by atoms with Gasteiger partial charge < -0.3 is 10.6 Å². The van der Waals surface area contributed by atoms with E-state index >= 15 is 0 Å². The van der Waals surface area contributed by atoms with Crippen LogP contribution in [0.4, 0.5) is 0 Å². The van der Waals surface area contributed by atoms with Crippen molar-refractivity contribution in [2.75, 3.05) is 19.6 Å². The predicted molar refractivity (Wildman–Crippen MR) is 85.6 cm³/mol. The summed E-state index contributed by atoms with van der Waals surface area (Å²) < 4.78 is 0. The molecule has 2 aliphatic rings. The van der Waals surface area contributed by atoms with E-state index in [-0.39, 0.29) is 18.0 Å². The molecular formula is C15H27N3OS. The standard InChI is InChI=1S/C15H27N3OS/c1-12(15(19)17-9-5-2-3-6-10-17)18-11-7-4-8-13(18)14(16)20/h12-13H,2-11H2,1H3,(H2,16,20). The molecule has 0 aliphatic carbocycles. The van der Waals surface area contributed by atoms with Gasteiger partial charge in [0.05, 0.1) is 17.1 Å². The minimum atomic E-state index is -0.0973. The molecule has 0 aromatic rings. The molecule has 114 valence electrons. The number of piperidine rings is 1. The molecule has 2 unspecified atom stereocenters. The lowest BCUT2D eigenvalue weighted by atomic mass is 9.99. The van der Waals surface area contributed by atoms with Crippen molar-refractivity contribution in [2.45, 2.75) is 64.0 Å². The molecule has 2 N–H and O–H groups in total. The average Bonchev–Trinajstić information content (AvgIpc) is 2.74. The average molecular weight is 297 g/mol. The van der Waals surface area contributed by atoms with Gasteiger partial charge in [-0.25, -0.2) is 0 Å². The minimum absolute atomic E-state index is 0.0973. The first-order valence-electron chi connectivity index (χ1n) is 7.95. The smallest absolute Gasteiger partial charge is 0.239 e. The summed E-state index contributed by atoms with van der Waals surface area (Å²) in [5.41, 5.74) is 5.86. The van der Waals surface area contributed by atoms with E-state index < -0.39 is 0 Å². The van der Waals surface area contributed by atoms with Gasteiger partial charge in [-0.15, -0.1) is 0 Å². The zero-order valence-electron chi connectivity index (χ0n) is 12.5. The number of amides is 1. The third kappa shape index (κ3) is 3.70. The molecule has 1 amide bonds. The number of hydrogen-bond donors (Lipinski definition) is 1. The van der Waals surface area contributed by atoms with Gasteiger partial charge in [0.1, 0.15) is 0 Å². The zero-order valence-corrected chi connectivity index (χ0v) is 13.3. The van der Waals surface area contributed by atoms with Gasteiger partial charge >= 0.3 is 0 Å². The van der Waals surface area contributed by atoms with Crippen molar-refractivity contribution < 1.29 is 4.79 Å². The maximum Gasteiger partial charge on any atom is 0.239 e. The van der Waals surface area contributed by atoms with Gasteiger partial charge in [0.15, 0.2) is 0 Å². The summed E-state index contributed by atoms with van der Waals surface area (Å²) >= 11 is 5.19. The van der Waals surface area contributed by atoms with Crippen LogP contribution < -0.4 is 5.73 Å². The topological polar surface area (TPSA) is 49.6 Å². The lowest BCUT2D eigenvalue weighted by molar-refractivity contribution is -0.137. The van der Waals surface area contributed by atoms with Crippen LogP contribution in [0.1, 0.15) is 51.9 Å². The van der Waals surface area contributed by atoms with Crippen LogP contribution in [0.3, 0.4) is 0 Å². The van der Waals surface area contributed by atoms with Crippen LogP contribution in [0, 0.1) is 0 Å². The first kappa shape index (κ1) is 15.7. The highest BCUT2D eigenvalue weighted by atomic mass is 32.1. The highest BCUT2D eigenvalue weighted by molar-refractivity contribution is 7.80. The second kappa shape index (κ2) is 7.36. The Morgan fingerprint density at radius 1 is 1.10 bits per heavy atom. The summed E-state index contributed by atoms with van der Waals surface area (Å²) in [4.78, 5) is 17.5. The van der Waals surface area contributed by atoms with E-state index in [1.807, 2.05) is 11.8 Å². The van der Waals surface area contributed by atoms with Crippen molar-refractivity contribution in [3.63, 3.8) is 0 Å². The third-order valence-corrected chi connectivity index (χ3v) is 4.92. The maximum atomic E-state index is 12.7. The van der Waals surface area contributed by atoms with E-state index in [0.29, 0.717) is 4.99 Å². The van der Waals surface area contributed by atoms with Gasteiger partial charge in [-0.05, 0) is 39.2 Å². The molecule has 20 heavy (non-hydrogen) atoms. The number of carbonyl (C=O) groups excluding carboxylic acids is 1. The van der Waals surface area contributed by atoms with Crippen molar-refractivity contribution in [2.24, 2.45) is 5.73 Å². The first-order valence-corrected chi connectivity index (χ1v) is 8.36. The molecule has 2 aliphatic heterocycles. The molecule has 0 radical (unpaired) electrons. The molecule has 0 bridgehead atoms. The highest BCUT2D eigenvalue weighted by Crippen LogP contribution is 2.22. The van der Waals surface area contributed by atoms with Gasteiger partial charge in [0.25, 0.3) is 0 Å². The van der Waals surface area contributed by atoms with E-state index in [9.17, 15) is 4.79 Å². The van der Waals surface area contributed by atoms with Crippen LogP contribution in [0.25, 0.3) is 0 Å². The summed E-state index contributed by atoms with van der Waals surface area (Å²) in [5, 5.41) is 0. The molecule has 0 aromatic heterocycles. The summed E-state index contributed by atoms with van der Waals surface area (Å²) in [6.07, 6.45) is 8.05. The Morgan fingerprint density at radius 2 is 1.70 bits per heavy atom. The second-order valence-corrected chi connectivity index (χ2v) is 6.54. The van der Waals surface area contributed by atoms with Gasteiger partial charge in [0.2, 0.25) is 5.91 Å². The number of rotatable bonds is 3. The SMILES string of the molecule is CC(C(=O)N1CCCCCC1)N1CCCCC1C(N)=S. The van der Waals surface area contributed by atoms with Crippen molar-refractivity contribution in [3.05, 3.63) is 0 Å². The van der Waals surface area contributed by atoms with Crippen LogP contribution in [0.15, 0.2) is 0 Å². The quantitative estimate of drug-likeness (QED) is 0.809. The molecular weight excluding hydrogens is 270 g/mol. The fourth-order valence-electron chi connectivity index (χ4n) is 3.42. The first-order chi connectivity index (χ1) is 9.61. The number of nitrogens with two attached hydrogens (primary N) is 1. The van der Waals surface area contributed by atoms with Crippen LogP contribution in [-0.2, 0) is 4.79 Å². The maximum absolute atomic E-state index is 12.7. The summed E-state index contributed by atoms with van der Waals surface area (Å²) in [5.74, 6) is 0.259. The van der Waals surface area contributed by atoms with E-state index in [4.69, 9.17) is 18.0 Å². The lowest BCUT2D eigenvalue weighted by Crippen LogP contribution is -2.56. The van der Waals surface area contributed by atoms with Crippen molar-refractivity contribution in [1.82, 2.24) is 9.80 Å². The Morgan fingerprint density at radius 3 is 2.30 bits per heavy atom. The number of carbonyl (C=O) groups is 1. The van der Waals surface area contributed by atoms with Gasteiger partial charge in [-0.2, -0.15) is 0 Å². The Kier molecular flexibility index (Phi) is 5.78. The lowest BCUT2D eigenvalue weighted by Gasteiger charge is -2.40. The fraction of sp³-hybridized carbons (Fsp3) is 0.867. The molecule has 0 spiro atoms. The van der Waals surface area contributed by atoms with Crippen molar-refractivity contribution in [3.8, 4) is 0 Å². The highest BCUT2D eigenvalue weighted by Gasteiger charge is 2.33. The third-order valence-electron chi connectivity index (χ3n) is 4.65. The molecule has 0 aromatic carbocycles. The zero-order chi connectivity index (χ0) is 14.5. The van der Waals surface area contributed by atoms with Gasteiger partial charge in [0, 0.05) is 13.1 Å². The summed E-state index contributed by atoms with van der Waals surface area (Å²) in [6.45, 7) is 4.77. The van der Waals surface area contributed by atoms with Crippen molar-refractivity contribution in [1.29, 1.82) is 0 Å². The van der Waals surface area contributed by atoms with Gasteiger partial charge in [-0.1, -0.05) is 31.5 Å². The summed E-state index contributed by atoms with van der Waals surface area (Å²) in [7, 11) is 0. The minimum Gasteiger partial charge on any atom is -0.392 e. The molecule has 4 nitrogen and oxygen atoms in total. The number of hydrogen-bond acceptors (Lipinski definition) is 3. The van der Waals surface area contributed by atoms with E-state index in [1.54, 1.807) is 0 Å². The van der Waals surface area contributed by atoms with Crippen LogP contribution >= 0.6 is 12.2 Å². The Balaban J connectivity index is 2.01. The Labute approximate surface area is 127 Å². The van der Waals surface area contributed by atoms with Crippen LogP contribution in [0.2, 0.25) is 0 Å². The molecule has 2 rings (SSSR count). The number of likely N-dealkylation sites (tertiary alicyclic amines) is 2. The summed E-state index contributed by atoms with van der Waals surface area (Å²) in [6, 6.07) is 0.00424. The fourth-order valence-corrected chi connectivity index (χ4v) is 3.67. The molecule has 2 atom stereocenters. The molecule has 2 fully saturated rings. The van der Waals surface area contributed by atoms with E-state index in [0.717, 1.165) is 51.7 Å². The van der Waals surface area contributed by atoms with E-state index in [1.165, 1.54) is 12.8 Å². The molecule has 2 heterocycles. The molecule has 5 heteroatoms. The van der Waals surface area contributed by atoms with Crippen molar-refractivity contribution >= 4 is 23.1 Å². The Bertz CT molecular complexity index is 353. The monoisotopic (exact) mass is 297 g/mol. The molecule has 2 saturated heterocycles. The van der Waals surface area contributed by atoms with E-state index in [2.05, 4.69) is 4.90 Å². The predicted octanol–water partition coefficient (Wildman–Crippen LogP) is 1.92. The number of nitrogens with zero attached hydrogens (tertiary/aromatic N) is 2. The van der Waals surface area contributed by atoms with Crippen LogP contribution in [0.5, 0.6) is 0 Å². The largest absolute Gasteiger partial charge is 0.392 e. The second-order valence-electron chi connectivity index (χ2n) is 6.07. The van der Waals surface area contributed by atoms with Crippen LogP contribution in [-0.4, -0.2) is 52.4 Å². The molecule has 0 saturated carbocycles. The number of thiocarbonyl (C=S) groups is 1.